The van der Waals surface area contributed by atoms with Crippen molar-refractivity contribution in [2.75, 3.05) is 0 Å². The molecule has 0 aromatic heterocycles. The van der Waals surface area contributed by atoms with Crippen LogP contribution in [0.2, 0.25) is 0 Å². The number of rotatable bonds is 4. The maximum Gasteiger partial charge on any atom is 0.206 e. The summed E-state index contributed by atoms with van der Waals surface area (Å²) >= 11 is 6.67. The fourth-order valence-electron chi connectivity index (χ4n) is 1.64. The smallest absolute Gasteiger partial charge is 0.206 e. The Labute approximate surface area is 135 Å². The molecule has 0 heterocycles. The summed E-state index contributed by atoms with van der Waals surface area (Å²) in [6.07, 6.45) is 3.62. The Hall–Kier alpha value is -1.45. The molecule has 0 atom stereocenters. The number of allylic oxidation sites excluding steroid dienone is 2. The number of hydrogen-bond donors (Lipinski definition) is 0. The van der Waals surface area contributed by atoms with Crippen molar-refractivity contribution >= 4 is 49.8 Å². The topological polar surface area (TPSA) is 17.1 Å². The Morgan fingerprint density at radius 3 is 1.40 bits per heavy atom. The van der Waals surface area contributed by atoms with Gasteiger partial charge in [-0.2, -0.15) is 0 Å². The predicted octanol–water partition coefficient (Wildman–Crippen LogP) is 5.43. The van der Waals surface area contributed by atoms with Crippen molar-refractivity contribution in [2.45, 2.75) is 0 Å². The number of ketones is 1. The summed E-state index contributed by atoms with van der Waals surface area (Å²) in [4.78, 5) is 12.2. The molecule has 3 heteroatoms. The molecule has 0 aliphatic rings. The fourth-order valence-corrected chi connectivity index (χ4v) is 2.86. The number of halogens is 2. The summed E-state index contributed by atoms with van der Waals surface area (Å²) in [6.45, 7) is 0. The highest BCUT2D eigenvalue weighted by Gasteiger charge is 2.10. The maximum absolute atomic E-state index is 12.2. The van der Waals surface area contributed by atoms with Crippen LogP contribution in [0, 0.1) is 0 Å². The van der Waals surface area contributed by atoms with E-state index in [9.17, 15) is 4.79 Å². The number of Topliss-reactive ketones (excluding diaryl/α,β-unsaturated/α-hetero) is 1. The molecule has 100 valence electrons. The lowest BCUT2D eigenvalue weighted by Gasteiger charge is -2.00. The van der Waals surface area contributed by atoms with E-state index in [1.165, 1.54) is 0 Å². The molecular formula is C17H12Br2O. The van der Waals surface area contributed by atoms with Crippen molar-refractivity contribution in [1.82, 2.24) is 0 Å². The Bertz CT molecular complexity index is 586. The molecule has 0 amide bonds. The first kappa shape index (κ1) is 14.9. The van der Waals surface area contributed by atoms with Crippen LogP contribution >= 0.6 is 31.9 Å². The lowest BCUT2D eigenvalue weighted by Crippen LogP contribution is -1.96. The Kier molecular flexibility index (Phi) is 5.50. The van der Waals surface area contributed by atoms with Gasteiger partial charge in [-0.15, -0.1) is 0 Å². The third-order valence-electron chi connectivity index (χ3n) is 2.62. The zero-order chi connectivity index (χ0) is 14.4. The molecule has 0 radical (unpaired) electrons. The highest BCUT2D eigenvalue weighted by Crippen LogP contribution is 2.22. The third-order valence-corrected chi connectivity index (χ3v) is 3.80. The summed E-state index contributed by atoms with van der Waals surface area (Å²) in [6, 6.07) is 19.4. The normalized spacial score (nSPS) is 12.3. The van der Waals surface area contributed by atoms with Gasteiger partial charge in [-0.05, 0) is 55.1 Å². The summed E-state index contributed by atoms with van der Waals surface area (Å²) in [5.41, 5.74) is 1.96. The number of carbonyl (C=O) groups excluding carboxylic acids is 1. The van der Waals surface area contributed by atoms with Crippen molar-refractivity contribution in [3.05, 3.63) is 80.8 Å². The molecule has 0 unspecified atom stereocenters. The quantitative estimate of drug-likeness (QED) is 0.635. The van der Waals surface area contributed by atoms with Gasteiger partial charge in [-0.25, -0.2) is 0 Å². The second-order valence-electron chi connectivity index (χ2n) is 4.14. The molecule has 1 nitrogen and oxygen atoms in total. The molecule has 2 rings (SSSR count). The highest BCUT2D eigenvalue weighted by atomic mass is 79.9. The van der Waals surface area contributed by atoms with E-state index in [0.29, 0.717) is 8.96 Å². The van der Waals surface area contributed by atoms with Gasteiger partial charge in [-0.1, -0.05) is 60.7 Å². The van der Waals surface area contributed by atoms with E-state index in [-0.39, 0.29) is 5.78 Å². The molecule has 0 saturated heterocycles. The average molecular weight is 392 g/mol. The van der Waals surface area contributed by atoms with Gasteiger partial charge in [0.1, 0.15) is 0 Å². The molecule has 20 heavy (non-hydrogen) atoms. The van der Waals surface area contributed by atoms with E-state index in [1.54, 1.807) is 0 Å². The zero-order valence-electron chi connectivity index (χ0n) is 10.6. The third kappa shape index (κ3) is 4.29. The van der Waals surface area contributed by atoms with Crippen LogP contribution in [-0.4, -0.2) is 5.78 Å². The standard InChI is InChI=1S/C17H12Br2O/c18-15(11-13-7-3-1-4-8-13)17(20)16(19)12-14-9-5-2-6-10-14/h1-12H/b15-11+,16-12+. The van der Waals surface area contributed by atoms with E-state index in [4.69, 9.17) is 0 Å². The minimum Gasteiger partial charge on any atom is -0.287 e. The Balaban J connectivity index is 2.19. The van der Waals surface area contributed by atoms with Crippen LogP contribution in [0.5, 0.6) is 0 Å². The van der Waals surface area contributed by atoms with Crippen LogP contribution in [0.3, 0.4) is 0 Å². The first-order valence-corrected chi connectivity index (χ1v) is 7.64. The van der Waals surface area contributed by atoms with Gasteiger partial charge >= 0.3 is 0 Å². The van der Waals surface area contributed by atoms with Crippen LogP contribution in [0.4, 0.5) is 0 Å². The van der Waals surface area contributed by atoms with Crippen molar-refractivity contribution in [3.8, 4) is 0 Å². The zero-order valence-corrected chi connectivity index (χ0v) is 13.8. The summed E-state index contributed by atoms with van der Waals surface area (Å²) < 4.78 is 1.03. The van der Waals surface area contributed by atoms with Crippen LogP contribution < -0.4 is 0 Å². The fraction of sp³-hybridized carbons (Fsp3) is 0. The summed E-state index contributed by atoms with van der Waals surface area (Å²) in [7, 11) is 0. The Morgan fingerprint density at radius 1 is 0.700 bits per heavy atom. The number of hydrogen-bond acceptors (Lipinski definition) is 1. The molecule has 0 bridgehead atoms. The van der Waals surface area contributed by atoms with E-state index in [0.717, 1.165) is 11.1 Å². The SMILES string of the molecule is O=C(/C(Br)=C\c1ccccc1)/C(Br)=C\c1ccccc1. The highest BCUT2D eigenvalue weighted by molar-refractivity contribution is 9.13. The molecule has 0 aliphatic carbocycles. The van der Waals surface area contributed by atoms with Crippen molar-refractivity contribution in [3.63, 3.8) is 0 Å². The van der Waals surface area contributed by atoms with Gasteiger partial charge in [0, 0.05) is 0 Å². The minimum atomic E-state index is -0.0855. The molecule has 2 aromatic carbocycles. The molecule has 0 N–H and O–H groups in total. The molecule has 0 spiro atoms. The number of benzene rings is 2. The summed E-state index contributed by atoms with van der Waals surface area (Å²) in [5.74, 6) is -0.0855. The Morgan fingerprint density at radius 2 is 1.05 bits per heavy atom. The van der Waals surface area contributed by atoms with Crippen LogP contribution in [0.25, 0.3) is 12.2 Å². The van der Waals surface area contributed by atoms with E-state index < -0.39 is 0 Å². The molecular weight excluding hydrogens is 380 g/mol. The predicted molar refractivity (Wildman–Crippen MR) is 91.7 cm³/mol. The maximum atomic E-state index is 12.2. The van der Waals surface area contributed by atoms with Gasteiger partial charge in [0.15, 0.2) is 0 Å². The van der Waals surface area contributed by atoms with Crippen molar-refractivity contribution in [1.29, 1.82) is 0 Å². The lowest BCUT2D eigenvalue weighted by molar-refractivity contribution is -0.110. The van der Waals surface area contributed by atoms with Crippen molar-refractivity contribution in [2.24, 2.45) is 0 Å². The van der Waals surface area contributed by atoms with Gasteiger partial charge in [0.2, 0.25) is 5.78 Å². The van der Waals surface area contributed by atoms with Gasteiger partial charge in [-0.3, -0.25) is 4.79 Å². The first-order chi connectivity index (χ1) is 9.66. The molecule has 0 fully saturated rings. The lowest BCUT2D eigenvalue weighted by atomic mass is 10.1. The van der Waals surface area contributed by atoms with E-state index >= 15 is 0 Å². The average Bonchev–Trinajstić information content (AvgIpc) is 2.48. The van der Waals surface area contributed by atoms with Gasteiger partial charge in [0.05, 0.1) is 8.96 Å². The monoisotopic (exact) mass is 390 g/mol. The van der Waals surface area contributed by atoms with Crippen LogP contribution in [0.1, 0.15) is 11.1 Å². The van der Waals surface area contributed by atoms with Crippen LogP contribution in [-0.2, 0) is 4.79 Å². The van der Waals surface area contributed by atoms with Gasteiger partial charge < -0.3 is 0 Å². The molecule has 0 aliphatic heterocycles. The minimum absolute atomic E-state index is 0.0855. The van der Waals surface area contributed by atoms with Crippen LogP contribution in [0.15, 0.2) is 69.6 Å². The summed E-state index contributed by atoms with van der Waals surface area (Å²) in [5, 5.41) is 0. The van der Waals surface area contributed by atoms with E-state index in [1.807, 2.05) is 72.8 Å². The van der Waals surface area contributed by atoms with Crippen molar-refractivity contribution < 1.29 is 4.79 Å². The first-order valence-electron chi connectivity index (χ1n) is 6.06. The van der Waals surface area contributed by atoms with Gasteiger partial charge in [0.25, 0.3) is 0 Å². The second kappa shape index (κ2) is 7.36. The molecule has 2 aromatic rings. The number of carbonyl (C=O) groups is 1. The second-order valence-corrected chi connectivity index (χ2v) is 5.84. The largest absolute Gasteiger partial charge is 0.287 e. The molecule has 0 saturated carbocycles. The van der Waals surface area contributed by atoms with E-state index in [2.05, 4.69) is 31.9 Å².